The van der Waals surface area contributed by atoms with E-state index in [0.29, 0.717) is 30.4 Å². The third-order valence-electron chi connectivity index (χ3n) is 5.47. The fraction of sp³-hybridized carbons (Fsp3) is 0.318. The van der Waals surface area contributed by atoms with Gasteiger partial charge in [0.2, 0.25) is 0 Å². The average Bonchev–Trinajstić information content (AvgIpc) is 3.03. The van der Waals surface area contributed by atoms with Crippen molar-refractivity contribution in [3.63, 3.8) is 0 Å². The predicted octanol–water partition coefficient (Wildman–Crippen LogP) is 2.70. The van der Waals surface area contributed by atoms with Crippen LogP contribution in [0.1, 0.15) is 34.6 Å². The van der Waals surface area contributed by atoms with E-state index < -0.39 is 0 Å². The van der Waals surface area contributed by atoms with Crippen LogP contribution >= 0.6 is 0 Å². The van der Waals surface area contributed by atoms with Gasteiger partial charge in [0.1, 0.15) is 11.5 Å². The molecule has 2 N–H and O–H groups in total. The van der Waals surface area contributed by atoms with Crippen LogP contribution in [0, 0.1) is 5.92 Å². The lowest BCUT2D eigenvalue weighted by atomic mass is 10.00. The van der Waals surface area contributed by atoms with E-state index in [4.69, 9.17) is 4.98 Å². The van der Waals surface area contributed by atoms with Gasteiger partial charge >= 0.3 is 0 Å². The Labute approximate surface area is 163 Å². The zero-order valence-electron chi connectivity index (χ0n) is 15.9. The predicted molar refractivity (Wildman–Crippen MR) is 108 cm³/mol. The fourth-order valence-corrected chi connectivity index (χ4v) is 3.80. The fourth-order valence-electron chi connectivity index (χ4n) is 3.80. The van der Waals surface area contributed by atoms with Crippen LogP contribution in [-0.2, 0) is 19.9 Å². The van der Waals surface area contributed by atoms with Crippen LogP contribution in [0.5, 0.6) is 0 Å². The van der Waals surface area contributed by atoms with E-state index in [1.165, 1.54) is 0 Å². The molecule has 4 rings (SSSR count). The van der Waals surface area contributed by atoms with Gasteiger partial charge in [-0.1, -0.05) is 30.3 Å². The van der Waals surface area contributed by atoms with Crippen molar-refractivity contribution >= 4 is 5.91 Å². The summed E-state index contributed by atoms with van der Waals surface area (Å²) in [6.45, 7) is 0.613. The van der Waals surface area contributed by atoms with E-state index in [-0.39, 0.29) is 11.5 Å². The molecule has 6 heteroatoms. The topological polar surface area (TPSA) is 79.8 Å². The molecule has 1 amide bonds. The molecule has 1 aromatic carbocycles. The van der Waals surface area contributed by atoms with Gasteiger partial charge in [-0.15, -0.1) is 0 Å². The molecule has 3 aromatic rings. The van der Waals surface area contributed by atoms with Gasteiger partial charge in [0, 0.05) is 30.9 Å². The monoisotopic (exact) mass is 376 g/mol. The molecule has 0 bridgehead atoms. The lowest BCUT2D eigenvalue weighted by Gasteiger charge is -2.14. The standard InChI is InChI=1S/C22H24N4O2/c1-26-13-5-8-19(26)22(28)23-14-15-9-11-17-18(12-10-15)24-20(25-21(17)27)16-6-3-2-4-7-16/h2-8,13,15H,9-12,14H2,1H3,(H,23,28)(H,24,25,27). The summed E-state index contributed by atoms with van der Waals surface area (Å²) >= 11 is 0. The molecule has 1 atom stereocenters. The zero-order valence-corrected chi connectivity index (χ0v) is 15.9. The number of carbonyl (C=O) groups excluding carboxylic acids is 1. The molecule has 1 unspecified atom stereocenters. The van der Waals surface area contributed by atoms with Crippen LogP contribution < -0.4 is 10.9 Å². The zero-order chi connectivity index (χ0) is 19.5. The largest absolute Gasteiger partial charge is 0.350 e. The number of hydrogen-bond acceptors (Lipinski definition) is 3. The Hall–Kier alpha value is -3.15. The summed E-state index contributed by atoms with van der Waals surface area (Å²) in [6.07, 6.45) is 5.08. The minimum absolute atomic E-state index is 0.0441. The van der Waals surface area contributed by atoms with Gasteiger partial charge in [0.05, 0.1) is 5.69 Å². The van der Waals surface area contributed by atoms with Crippen LogP contribution in [-0.4, -0.2) is 27.0 Å². The normalized spacial score (nSPS) is 16.2. The van der Waals surface area contributed by atoms with Gasteiger partial charge in [0.15, 0.2) is 0 Å². The number of fused-ring (bicyclic) bond motifs is 1. The second-order valence-electron chi connectivity index (χ2n) is 7.36. The first kappa shape index (κ1) is 18.2. The van der Waals surface area contributed by atoms with E-state index in [0.717, 1.165) is 36.1 Å². The summed E-state index contributed by atoms with van der Waals surface area (Å²) in [7, 11) is 1.86. The van der Waals surface area contributed by atoms with Crippen molar-refractivity contribution in [2.75, 3.05) is 6.54 Å². The van der Waals surface area contributed by atoms with Crippen molar-refractivity contribution < 1.29 is 4.79 Å². The molecule has 1 aliphatic carbocycles. The van der Waals surface area contributed by atoms with Crippen molar-refractivity contribution in [1.82, 2.24) is 19.9 Å². The molecular weight excluding hydrogens is 352 g/mol. The number of hydrogen-bond donors (Lipinski definition) is 2. The number of H-pyrrole nitrogens is 1. The van der Waals surface area contributed by atoms with E-state index in [9.17, 15) is 9.59 Å². The van der Waals surface area contributed by atoms with Crippen LogP contribution in [0.4, 0.5) is 0 Å². The smallest absolute Gasteiger partial charge is 0.267 e. The van der Waals surface area contributed by atoms with Crippen LogP contribution in [0.15, 0.2) is 53.5 Å². The number of benzene rings is 1. The molecule has 0 radical (unpaired) electrons. The molecule has 2 aromatic heterocycles. The molecule has 2 heterocycles. The minimum atomic E-state index is -0.0587. The van der Waals surface area contributed by atoms with Crippen molar-refractivity contribution in [3.8, 4) is 11.4 Å². The Balaban J connectivity index is 1.45. The minimum Gasteiger partial charge on any atom is -0.350 e. The highest BCUT2D eigenvalue weighted by Gasteiger charge is 2.21. The highest BCUT2D eigenvalue weighted by molar-refractivity contribution is 5.92. The van der Waals surface area contributed by atoms with Gasteiger partial charge in [-0.2, -0.15) is 0 Å². The molecule has 1 aliphatic rings. The number of carbonyl (C=O) groups is 1. The Morgan fingerprint density at radius 3 is 2.71 bits per heavy atom. The molecule has 0 fully saturated rings. The number of rotatable bonds is 4. The third-order valence-corrected chi connectivity index (χ3v) is 5.47. The van der Waals surface area contributed by atoms with Crippen LogP contribution in [0.3, 0.4) is 0 Å². The number of nitrogens with zero attached hydrogens (tertiary/aromatic N) is 2. The van der Waals surface area contributed by atoms with Crippen molar-refractivity contribution in [1.29, 1.82) is 0 Å². The molecule has 0 saturated carbocycles. The van der Waals surface area contributed by atoms with Crippen molar-refractivity contribution in [3.05, 3.63) is 76.0 Å². The van der Waals surface area contributed by atoms with E-state index in [1.807, 2.05) is 60.3 Å². The summed E-state index contributed by atoms with van der Waals surface area (Å²) in [5.41, 5.74) is 3.20. The summed E-state index contributed by atoms with van der Waals surface area (Å²) < 4.78 is 1.81. The first-order chi connectivity index (χ1) is 13.6. The van der Waals surface area contributed by atoms with Gasteiger partial charge in [0.25, 0.3) is 11.5 Å². The lowest BCUT2D eigenvalue weighted by Crippen LogP contribution is -2.30. The Morgan fingerprint density at radius 1 is 1.18 bits per heavy atom. The van der Waals surface area contributed by atoms with E-state index in [2.05, 4.69) is 10.3 Å². The highest BCUT2D eigenvalue weighted by Crippen LogP contribution is 2.23. The maximum Gasteiger partial charge on any atom is 0.267 e. The maximum absolute atomic E-state index is 12.6. The second-order valence-corrected chi connectivity index (χ2v) is 7.36. The highest BCUT2D eigenvalue weighted by atomic mass is 16.2. The molecule has 28 heavy (non-hydrogen) atoms. The van der Waals surface area contributed by atoms with Crippen LogP contribution in [0.25, 0.3) is 11.4 Å². The number of aromatic nitrogens is 3. The van der Waals surface area contributed by atoms with Gasteiger partial charge in [-0.3, -0.25) is 9.59 Å². The number of aryl methyl sites for hydroxylation is 2. The third kappa shape index (κ3) is 3.76. The van der Waals surface area contributed by atoms with E-state index >= 15 is 0 Å². The molecule has 144 valence electrons. The van der Waals surface area contributed by atoms with Gasteiger partial charge in [-0.05, 0) is 43.7 Å². The summed E-state index contributed by atoms with van der Waals surface area (Å²) in [5, 5.41) is 3.04. The molecular formula is C22H24N4O2. The molecule has 0 aliphatic heterocycles. The van der Waals surface area contributed by atoms with Gasteiger partial charge < -0.3 is 14.9 Å². The quantitative estimate of drug-likeness (QED) is 0.687. The Bertz CT molecular complexity index is 1040. The Morgan fingerprint density at radius 2 is 1.96 bits per heavy atom. The summed E-state index contributed by atoms with van der Waals surface area (Å²) in [4.78, 5) is 32.6. The van der Waals surface area contributed by atoms with Gasteiger partial charge in [-0.25, -0.2) is 4.98 Å². The summed E-state index contributed by atoms with van der Waals surface area (Å²) in [6, 6.07) is 13.4. The number of amides is 1. The van der Waals surface area contributed by atoms with Crippen LogP contribution in [0.2, 0.25) is 0 Å². The average molecular weight is 376 g/mol. The maximum atomic E-state index is 12.6. The SMILES string of the molecule is Cn1cccc1C(=O)NCC1CCc2nc(-c3ccccc3)[nH]c(=O)c2CC1. The first-order valence-corrected chi connectivity index (χ1v) is 9.69. The van der Waals surface area contributed by atoms with Crippen molar-refractivity contribution in [2.24, 2.45) is 13.0 Å². The molecule has 0 spiro atoms. The molecule has 6 nitrogen and oxygen atoms in total. The van der Waals surface area contributed by atoms with Crippen molar-refractivity contribution in [2.45, 2.75) is 25.7 Å². The lowest BCUT2D eigenvalue weighted by molar-refractivity contribution is 0.0937. The Kier molecular flexibility index (Phi) is 5.10. The number of aromatic amines is 1. The second kappa shape index (κ2) is 7.84. The summed E-state index contributed by atoms with van der Waals surface area (Å²) in [5.74, 6) is 0.898. The van der Waals surface area contributed by atoms with E-state index in [1.54, 1.807) is 0 Å². The number of nitrogens with one attached hydrogen (secondary N) is 2. The molecule has 0 saturated heterocycles. The first-order valence-electron chi connectivity index (χ1n) is 9.69.